The molecule has 1 saturated heterocycles. The van der Waals surface area contributed by atoms with Crippen LogP contribution in [0.4, 0.5) is 11.4 Å². The quantitative estimate of drug-likeness (QED) is 0.945. The number of hydrogen-bond acceptors (Lipinski definition) is 4. The van der Waals surface area contributed by atoms with Crippen LogP contribution >= 0.6 is 0 Å². The Hall–Kier alpha value is -2.87. The van der Waals surface area contributed by atoms with Gasteiger partial charge >= 0.3 is 0 Å². The number of carbonyl (C=O) groups is 1. The summed E-state index contributed by atoms with van der Waals surface area (Å²) in [6, 6.07) is 13.0. The van der Waals surface area contributed by atoms with Gasteiger partial charge in [0.1, 0.15) is 11.8 Å². The Morgan fingerprint density at radius 1 is 1.09 bits per heavy atom. The molecule has 0 unspecified atom stereocenters. The molecule has 0 spiro atoms. The number of benzene rings is 1. The van der Waals surface area contributed by atoms with E-state index in [2.05, 4.69) is 15.2 Å². The molecule has 0 atom stereocenters. The summed E-state index contributed by atoms with van der Waals surface area (Å²) in [5, 5.41) is 11.6. The van der Waals surface area contributed by atoms with Gasteiger partial charge in [-0.2, -0.15) is 5.26 Å². The Bertz CT molecular complexity index is 710. The lowest BCUT2D eigenvalue weighted by Crippen LogP contribution is -2.29. The highest BCUT2D eigenvalue weighted by molar-refractivity contribution is 6.04. The zero-order valence-corrected chi connectivity index (χ0v) is 12.8. The molecule has 23 heavy (non-hydrogen) atoms. The number of hydrogen-bond donors (Lipinski definition) is 1. The first-order valence-electron chi connectivity index (χ1n) is 7.79. The van der Waals surface area contributed by atoms with Gasteiger partial charge in [0.2, 0.25) is 0 Å². The van der Waals surface area contributed by atoms with Gasteiger partial charge in [-0.15, -0.1) is 0 Å². The Balaban J connectivity index is 1.65. The number of rotatable bonds is 3. The second kappa shape index (κ2) is 6.93. The van der Waals surface area contributed by atoms with Crippen LogP contribution in [0.25, 0.3) is 0 Å². The summed E-state index contributed by atoms with van der Waals surface area (Å²) >= 11 is 0. The molecule has 2 heterocycles. The minimum Gasteiger partial charge on any atom is -0.372 e. The highest BCUT2D eigenvalue weighted by atomic mass is 16.1. The second-order valence-corrected chi connectivity index (χ2v) is 5.59. The molecule has 0 radical (unpaired) electrons. The molecule has 0 bridgehead atoms. The summed E-state index contributed by atoms with van der Waals surface area (Å²) < 4.78 is 0. The number of nitriles is 1. The Morgan fingerprint density at radius 2 is 1.83 bits per heavy atom. The van der Waals surface area contributed by atoms with Crippen molar-refractivity contribution in [1.29, 1.82) is 5.26 Å². The van der Waals surface area contributed by atoms with Gasteiger partial charge in [0, 0.05) is 30.7 Å². The van der Waals surface area contributed by atoms with Crippen molar-refractivity contribution in [1.82, 2.24) is 4.98 Å². The van der Waals surface area contributed by atoms with Gasteiger partial charge in [0.25, 0.3) is 5.91 Å². The lowest BCUT2D eigenvalue weighted by Gasteiger charge is -2.28. The van der Waals surface area contributed by atoms with Crippen LogP contribution in [-0.4, -0.2) is 24.0 Å². The molecule has 116 valence electrons. The Labute approximate surface area is 135 Å². The van der Waals surface area contributed by atoms with Gasteiger partial charge in [-0.05, 0) is 55.7 Å². The average Bonchev–Trinajstić information content (AvgIpc) is 2.63. The molecule has 1 aromatic heterocycles. The molecule has 1 amide bonds. The summed E-state index contributed by atoms with van der Waals surface area (Å²) in [6.45, 7) is 2.20. The molecular weight excluding hydrogens is 288 g/mol. The summed E-state index contributed by atoms with van der Waals surface area (Å²) in [5.41, 5.74) is 2.68. The van der Waals surface area contributed by atoms with Crippen LogP contribution in [0.3, 0.4) is 0 Å². The zero-order valence-electron chi connectivity index (χ0n) is 12.8. The van der Waals surface area contributed by atoms with Gasteiger partial charge in [0.15, 0.2) is 0 Å². The summed E-state index contributed by atoms with van der Waals surface area (Å²) in [6.07, 6.45) is 5.20. The van der Waals surface area contributed by atoms with Gasteiger partial charge < -0.3 is 10.2 Å². The first-order valence-corrected chi connectivity index (χ1v) is 7.79. The third-order valence-electron chi connectivity index (χ3n) is 3.99. The van der Waals surface area contributed by atoms with Crippen LogP contribution < -0.4 is 10.2 Å². The van der Waals surface area contributed by atoms with Crippen molar-refractivity contribution in [3.63, 3.8) is 0 Å². The number of pyridine rings is 1. The highest BCUT2D eigenvalue weighted by Crippen LogP contribution is 2.22. The molecule has 0 saturated carbocycles. The average molecular weight is 306 g/mol. The number of carbonyl (C=O) groups excluding carboxylic acids is 1. The minimum atomic E-state index is -0.229. The van der Waals surface area contributed by atoms with E-state index in [-0.39, 0.29) is 5.91 Å². The minimum absolute atomic E-state index is 0.229. The van der Waals surface area contributed by atoms with Crippen molar-refractivity contribution < 1.29 is 4.79 Å². The number of nitrogens with zero attached hydrogens (tertiary/aromatic N) is 3. The van der Waals surface area contributed by atoms with Crippen LogP contribution in [0.15, 0.2) is 42.6 Å². The van der Waals surface area contributed by atoms with Gasteiger partial charge in [-0.25, -0.2) is 4.98 Å². The maximum Gasteiger partial charge on any atom is 0.257 e. The predicted molar refractivity (Wildman–Crippen MR) is 89.4 cm³/mol. The molecule has 1 aromatic carbocycles. The standard InChI is InChI=1S/C18H18N4O/c19-12-16-5-4-14(13-20-16)18(23)21-15-6-8-17(9-7-15)22-10-2-1-3-11-22/h4-9,13H,1-3,10-11H2,(H,21,23). The zero-order chi connectivity index (χ0) is 16.1. The SMILES string of the molecule is N#Cc1ccc(C(=O)Nc2ccc(N3CCCCC3)cc2)cn1. The van der Waals surface area contributed by atoms with Gasteiger partial charge in [0.05, 0.1) is 5.56 Å². The number of amides is 1. The van der Waals surface area contributed by atoms with Crippen LogP contribution in [0.2, 0.25) is 0 Å². The maximum absolute atomic E-state index is 12.2. The predicted octanol–water partition coefficient (Wildman–Crippen LogP) is 3.20. The Kier molecular flexibility index (Phi) is 4.53. The highest BCUT2D eigenvalue weighted by Gasteiger charge is 2.11. The molecular formula is C18H18N4O. The molecule has 1 fully saturated rings. The lowest BCUT2D eigenvalue weighted by molar-refractivity contribution is 0.102. The van der Waals surface area contributed by atoms with Crippen molar-refractivity contribution in [3.8, 4) is 6.07 Å². The van der Waals surface area contributed by atoms with E-state index in [1.54, 1.807) is 6.07 Å². The molecule has 5 heteroatoms. The van der Waals surface area contributed by atoms with Gasteiger partial charge in [-0.3, -0.25) is 4.79 Å². The fourth-order valence-corrected chi connectivity index (χ4v) is 2.71. The monoisotopic (exact) mass is 306 g/mol. The Morgan fingerprint density at radius 3 is 2.43 bits per heavy atom. The van der Waals surface area contributed by atoms with Crippen LogP contribution in [0, 0.1) is 11.3 Å². The van der Waals surface area contributed by atoms with Gasteiger partial charge in [-0.1, -0.05) is 0 Å². The van der Waals surface area contributed by atoms with Crippen LogP contribution in [0.1, 0.15) is 35.3 Å². The van der Waals surface area contributed by atoms with Crippen LogP contribution in [0.5, 0.6) is 0 Å². The van der Waals surface area contributed by atoms with E-state index < -0.39 is 0 Å². The fraction of sp³-hybridized carbons (Fsp3) is 0.278. The molecule has 0 aliphatic carbocycles. The maximum atomic E-state index is 12.2. The van der Waals surface area contributed by atoms with E-state index >= 15 is 0 Å². The third kappa shape index (κ3) is 3.67. The molecule has 5 nitrogen and oxygen atoms in total. The summed E-state index contributed by atoms with van der Waals surface area (Å²) in [5.74, 6) is -0.229. The van der Waals surface area contributed by atoms with E-state index in [9.17, 15) is 4.79 Å². The molecule has 1 N–H and O–H groups in total. The number of nitrogens with one attached hydrogen (secondary N) is 1. The van der Waals surface area contributed by atoms with E-state index in [1.165, 1.54) is 37.2 Å². The van der Waals surface area contributed by atoms with E-state index in [1.807, 2.05) is 30.3 Å². The largest absolute Gasteiger partial charge is 0.372 e. The van der Waals surface area contributed by atoms with E-state index in [0.717, 1.165) is 18.8 Å². The first-order chi connectivity index (χ1) is 11.3. The fourth-order valence-electron chi connectivity index (χ4n) is 2.71. The second-order valence-electron chi connectivity index (χ2n) is 5.59. The molecule has 1 aliphatic rings. The molecule has 2 aromatic rings. The summed E-state index contributed by atoms with van der Waals surface area (Å²) in [4.78, 5) is 18.4. The van der Waals surface area contributed by atoms with E-state index in [4.69, 9.17) is 5.26 Å². The summed E-state index contributed by atoms with van der Waals surface area (Å²) in [7, 11) is 0. The lowest BCUT2D eigenvalue weighted by atomic mass is 10.1. The van der Waals surface area contributed by atoms with E-state index in [0.29, 0.717) is 11.3 Å². The van der Waals surface area contributed by atoms with Crippen molar-refractivity contribution in [2.75, 3.05) is 23.3 Å². The number of anilines is 2. The third-order valence-corrected chi connectivity index (χ3v) is 3.99. The molecule has 1 aliphatic heterocycles. The molecule has 3 rings (SSSR count). The normalized spacial score (nSPS) is 14.1. The van der Waals surface area contributed by atoms with Crippen molar-refractivity contribution in [2.24, 2.45) is 0 Å². The van der Waals surface area contributed by atoms with Crippen molar-refractivity contribution in [3.05, 3.63) is 53.9 Å². The topological polar surface area (TPSA) is 69.0 Å². The van der Waals surface area contributed by atoms with Crippen molar-refractivity contribution >= 4 is 17.3 Å². The van der Waals surface area contributed by atoms with Crippen molar-refractivity contribution in [2.45, 2.75) is 19.3 Å². The number of piperidine rings is 1. The van der Waals surface area contributed by atoms with Crippen LogP contribution in [-0.2, 0) is 0 Å². The number of aromatic nitrogens is 1. The first kappa shape index (κ1) is 15.0. The smallest absolute Gasteiger partial charge is 0.257 e.